The van der Waals surface area contributed by atoms with E-state index in [1.807, 2.05) is 0 Å². The Kier molecular flexibility index (Phi) is 5.77. The van der Waals surface area contributed by atoms with Crippen LogP contribution in [0.1, 0.15) is 34.7 Å². The van der Waals surface area contributed by atoms with Crippen molar-refractivity contribution < 1.29 is 18.7 Å². The topological polar surface area (TPSA) is 82.5 Å². The molecule has 4 rings (SSSR count). The molecule has 1 unspecified atom stereocenters. The van der Waals surface area contributed by atoms with Gasteiger partial charge in [0.05, 0.1) is 6.04 Å². The fourth-order valence-corrected chi connectivity index (χ4v) is 3.99. The van der Waals surface area contributed by atoms with E-state index in [0.717, 1.165) is 10.0 Å². The minimum absolute atomic E-state index is 0.150. The molecule has 2 heterocycles. The average molecular weight is 488 g/mol. The second-order valence-electron chi connectivity index (χ2n) is 7.07. The lowest BCUT2D eigenvalue weighted by molar-refractivity contribution is 0.0931. The number of hydrogen-bond donors (Lipinski definition) is 1. The van der Waals surface area contributed by atoms with Crippen molar-refractivity contribution in [2.45, 2.75) is 19.9 Å². The monoisotopic (exact) mass is 487 g/mol. The maximum absolute atomic E-state index is 14.2. The van der Waals surface area contributed by atoms with E-state index in [1.165, 1.54) is 22.9 Å². The van der Waals surface area contributed by atoms with Gasteiger partial charge in [-0.2, -0.15) is 5.10 Å². The summed E-state index contributed by atoms with van der Waals surface area (Å²) in [6, 6.07) is 10.4. The number of carbonyl (C=O) groups excluding carboxylic acids is 1. The van der Waals surface area contributed by atoms with Crippen molar-refractivity contribution >= 4 is 21.8 Å². The number of nitrogens with zero attached hydrogens (tertiary/aromatic N) is 2. The van der Waals surface area contributed by atoms with Crippen molar-refractivity contribution in [3.05, 3.63) is 79.9 Å². The molecule has 0 radical (unpaired) electrons. The molecule has 1 aliphatic rings. The first-order chi connectivity index (χ1) is 14.8. The molecule has 1 aromatic heterocycles. The SMILES string of the molecule is Cc1cc(=O)c(C(=O)NC(C)c2cc3c(cc2Br)OCCO3)nn1-c1ccccc1F. The summed E-state index contributed by atoms with van der Waals surface area (Å²) in [5.74, 6) is 0.0281. The molecular weight excluding hydrogens is 469 g/mol. The normalized spacial score (nSPS) is 13.5. The van der Waals surface area contributed by atoms with Crippen LogP contribution in [0.5, 0.6) is 11.5 Å². The van der Waals surface area contributed by atoms with Crippen LogP contribution in [-0.4, -0.2) is 28.9 Å². The fraction of sp³-hybridized carbons (Fsp3) is 0.227. The van der Waals surface area contributed by atoms with Gasteiger partial charge in [-0.25, -0.2) is 9.07 Å². The molecule has 0 fully saturated rings. The summed E-state index contributed by atoms with van der Waals surface area (Å²) in [6.07, 6.45) is 0. The Morgan fingerprint density at radius 2 is 1.87 bits per heavy atom. The zero-order valence-corrected chi connectivity index (χ0v) is 18.4. The number of rotatable bonds is 4. The van der Waals surface area contributed by atoms with Gasteiger partial charge in [0.2, 0.25) is 5.43 Å². The first-order valence-electron chi connectivity index (χ1n) is 9.61. The second kappa shape index (κ2) is 8.50. The lowest BCUT2D eigenvalue weighted by Gasteiger charge is -2.22. The van der Waals surface area contributed by atoms with E-state index in [2.05, 4.69) is 26.3 Å². The predicted octanol–water partition coefficient (Wildman–Crippen LogP) is 3.70. The second-order valence-corrected chi connectivity index (χ2v) is 7.93. The van der Waals surface area contributed by atoms with Gasteiger partial charge in [0.25, 0.3) is 5.91 Å². The van der Waals surface area contributed by atoms with Crippen molar-refractivity contribution in [2.24, 2.45) is 0 Å². The third kappa shape index (κ3) is 4.18. The quantitative estimate of drug-likeness (QED) is 0.606. The minimum atomic E-state index is -0.663. The smallest absolute Gasteiger partial charge is 0.276 e. The lowest BCUT2D eigenvalue weighted by Crippen LogP contribution is -2.33. The fourth-order valence-electron chi connectivity index (χ4n) is 3.33. The zero-order chi connectivity index (χ0) is 22.1. The molecule has 1 aliphatic heterocycles. The molecule has 0 bridgehead atoms. The van der Waals surface area contributed by atoms with Crippen molar-refractivity contribution in [2.75, 3.05) is 13.2 Å². The van der Waals surface area contributed by atoms with Gasteiger partial charge in [-0.1, -0.05) is 28.1 Å². The van der Waals surface area contributed by atoms with Gasteiger partial charge >= 0.3 is 0 Å². The summed E-state index contributed by atoms with van der Waals surface area (Å²) >= 11 is 3.49. The summed E-state index contributed by atoms with van der Waals surface area (Å²) < 4.78 is 27.4. The number of aryl methyl sites for hydroxylation is 1. The van der Waals surface area contributed by atoms with Crippen molar-refractivity contribution in [1.29, 1.82) is 0 Å². The van der Waals surface area contributed by atoms with Crippen LogP contribution in [0.4, 0.5) is 4.39 Å². The zero-order valence-electron chi connectivity index (χ0n) is 16.8. The predicted molar refractivity (Wildman–Crippen MR) is 116 cm³/mol. The van der Waals surface area contributed by atoms with Crippen LogP contribution in [-0.2, 0) is 0 Å². The Balaban J connectivity index is 1.64. The van der Waals surface area contributed by atoms with Crippen LogP contribution in [0.3, 0.4) is 0 Å². The summed E-state index contributed by atoms with van der Waals surface area (Å²) in [5, 5.41) is 6.92. The highest BCUT2D eigenvalue weighted by Crippen LogP contribution is 2.37. The van der Waals surface area contributed by atoms with Crippen LogP contribution in [0.25, 0.3) is 5.69 Å². The molecule has 0 saturated heterocycles. The van der Waals surface area contributed by atoms with Gasteiger partial charge in [0.15, 0.2) is 17.2 Å². The highest BCUT2D eigenvalue weighted by Gasteiger charge is 2.22. The molecule has 160 valence electrons. The molecule has 1 N–H and O–H groups in total. The number of hydrogen-bond acceptors (Lipinski definition) is 5. The first-order valence-corrected chi connectivity index (χ1v) is 10.4. The number of ether oxygens (including phenoxy) is 2. The summed E-state index contributed by atoms with van der Waals surface area (Å²) in [6.45, 7) is 4.31. The summed E-state index contributed by atoms with van der Waals surface area (Å²) in [4.78, 5) is 25.3. The summed E-state index contributed by atoms with van der Waals surface area (Å²) in [5.41, 5.74) is 0.440. The number of carbonyl (C=O) groups is 1. The van der Waals surface area contributed by atoms with E-state index >= 15 is 0 Å². The van der Waals surface area contributed by atoms with Gasteiger partial charge in [-0.15, -0.1) is 0 Å². The highest BCUT2D eigenvalue weighted by molar-refractivity contribution is 9.10. The van der Waals surface area contributed by atoms with Crippen LogP contribution >= 0.6 is 15.9 Å². The molecule has 7 nitrogen and oxygen atoms in total. The number of halogens is 2. The lowest BCUT2D eigenvalue weighted by atomic mass is 10.1. The van der Waals surface area contributed by atoms with Crippen molar-refractivity contribution in [1.82, 2.24) is 15.1 Å². The highest BCUT2D eigenvalue weighted by atomic mass is 79.9. The van der Waals surface area contributed by atoms with Gasteiger partial charge in [-0.3, -0.25) is 9.59 Å². The Morgan fingerprint density at radius 3 is 2.58 bits per heavy atom. The standard InChI is InChI=1S/C22H19BrFN3O4/c1-12-9-18(28)21(26-27(12)17-6-4-3-5-16(17)24)22(29)25-13(2)14-10-19-20(11-15(14)23)31-8-7-30-19/h3-6,9-11,13H,7-8H2,1-2H3,(H,25,29). The number of para-hydroxylation sites is 1. The van der Waals surface area contributed by atoms with Crippen LogP contribution in [0.15, 0.2) is 51.7 Å². The molecule has 0 saturated carbocycles. The van der Waals surface area contributed by atoms with Crippen molar-refractivity contribution in [3.63, 3.8) is 0 Å². The van der Waals surface area contributed by atoms with E-state index in [1.54, 1.807) is 38.1 Å². The van der Waals surface area contributed by atoms with Gasteiger partial charge in [0, 0.05) is 16.2 Å². The van der Waals surface area contributed by atoms with Crippen LogP contribution in [0.2, 0.25) is 0 Å². The number of amides is 1. The third-order valence-corrected chi connectivity index (χ3v) is 5.57. The largest absolute Gasteiger partial charge is 0.486 e. The molecule has 9 heteroatoms. The Bertz CT molecular complexity index is 1230. The van der Waals surface area contributed by atoms with Gasteiger partial charge in [0.1, 0.15) is 24.7 Å². The molecule has 3 aromatic rings. The number of fused-ring (bicyclic) bond motifs is 1. The number of aromatic nitrogens is 2. The molecule has 0 spiro atoms. The number of nitrogens with one attached hydrogen (secondary N) is 1. The molecule has 1 atom stereocenters. The van der Waals surface area contributed by atoms with E-state index in [-0.39, 0.29) is 11.4 Å². The minimum Gasteiger partial charge on any atom is -0.486 e. The Morgan fingerprint density at radius 1 is 1.19 bits per heavy atom. The average Bonchev–Trinajstić information content (AvgIpc) is 2.74. The van der Waals surface area contributed by atoms with E-state index in [0.29, 0.717) is 30.4 Å². The van der Waals surface area contributed by atoms with Crippen molar-refractivity contribution in [3.8, 4) is 17.2 Å². The van der Waals surface area contributed by atoms with E-state index < -0.39 is 23.2 Å². The van der Waals surface area contributed by atoms with Gasteiger partial charge < -0.3 is 14.8 Å². The van der Waals surface area contributed by atoms with E-state index in [9.17, 15) is 14.0 Å². The van der Waals surface area contributed by atoms with Crippen LogP contribution < -0.4 is 20.2 Å². The molecule has 2 aromatic carbocycles. The number of benzene rings is 2. The van der Waals surface area contributed by atoms with Gasteiger partial charge in [-0.05, 0) is 43.7 Å². The first kappa shape index (κ1) is 21.0. The van der Waals surface area contributed by atoms with Crippen LogP contribution in [0, 0.1) is 12.7 Å². The molecule has 0 aliphatic carbocycles. The third-order valence-electron chi connectivity index (χ3n) is 4.88. The molecule has 31 heavy (non-hydrogen) atoms. The molecular formula is C22H19BrFN3O4. The Labute approximate surface area is 185 Å². The maximum atomic E-state index is 14.2. The van der Waals surface area contributed by atoms with E-state index in [4.69, 9.17) is 9.47 Å². The maximum Gasteiger partial charge on any atom is 0.276 e. The summed E-state index contributed by atoms with van der Waals surface area (Å²) in [7, 11) is 0. The Hall–Kier alpha value is -3.20. The molecule has 1 amide bonds.